The van der Waals surface area contributed by atoms with Gasteiger partial charge in [0, 0.05) is 11.8 Å². The first-order valence-electron chi connectivity index (χ1n) is 4.76. The van der Waals surface area contributed by atoms with E-state index in [2.05, 4.69) is 22.5 Å². The second-order valence-electron chi connectivity index (χ2n) is 3.11. The van der Waals surface area contributed by atoms with Gasteiger partial charge >= 0.3 is 5.97 Å². The predicted octanol–water partition coefficient (Wildman–Crippen LogP) is 1.73. The summed E-state index contributed by atoms with van der Waals surface area (Å²) in [4.78, 5) is 22.9. The van der Waals surface area contributed by atoms with Gasteiger partial charge in [0.15, 0.2) is 0 Å². The van der Waals surface area contributed by atoms with Crippen molar-refractivity contribution >= 4 is 21.9 Å². The first-order chi connectivity index (χ1) is 7.56. The van der Waals surface area contributed by atoms with Crippen LogP contribution in [0.15, 0.2) is 39.7 Å². The Bertz CT molecular complexity index is 465. The first-order valence-corrected chi connectivity index (χ1v) is 5.55. The largest absolute Gasteiger partial charge is 0.463 e. The van der Waals surface area contributed by atoms with E-state index in [4.69, 9.17) is 4.74 Å². The third kappa shape index (κ3) is 3.06. The summed E-state index contributed by atoms with van der Waals surface area (Å²) in [6.07, 6.45) is 1.59. The molecular formula is C11H12BrNO3. The summed E-state index contributed by atoms with van der Waals surface area (Å²) < 4.78 is 6.62. The van der Waals surface area contributed by atoms with Crippen LogP contribution in [0.3, 0.4) is 0 Å². The number of carbonyl (C=O) groups excluding carboxylic acids is 1. The second kappa shape index (κ2) is 5.65. The molecule has 0 saturated carbocycles. The molecule has 1 heterocycles. The van der Waals surface area contributed by atoms with Crippen LogP contribution in [0.25, 0.3) is 0 Å². The van der Waals surface area contributed by atoms with E-state index in [-0.39, 0.29) is 17.7 Å². The molecule has 0 aliphatic heterocycles. The van der Waals surface area contributed by atoms with Crippen LogP contribution in [-0.4, -0.2) is 17.1 Å². The molecule has 1 aromatic rings. The maximum Gasteiger partial charge on any atom is 0.335 e. The zero-order valence-corrected chi connectivity index (χ0v) is 10.5. The van der Waals surface area contributed by atoms with Crippen molar-refractivity contribution < 1.29 is 9.53 Å². The van der Waals surface area contributed by atoms with Gasteiger partial charge in [0.05, 0.1) is 17.6 Å². The average molecular weight is 286 g/mol. The van der Waals surface area contributed by atoms with E-state index in [1.807, 2.05) is 0 Å². The molecule has 0 aliphatic carbocycles. The Hall–Kier alpha value is -1.36. The summed E-state index contributed by atoms with van der Waals surface area (Å²) in [5.74, 6) is -0.477. The van der Waals surface area contributed by atoms with Gasteiger partial charge in [0.25, 0.3) is 5.56 Å². The van der Waals surface area contributed by atoms with E-state index in [1.54, 1.807) is 25.3 Å². The maximum atomic E-state index is 11.6. The van der Waals surface area contributed by atoms with Crippen molar-refractivity contribution in [1.82, 2.24) is 4.57 Å². The number of ether oxygens (including phenoxy) is 1. The lowest BCUT2D eigenvalue weighted by atomic mass is 10.3. The van der Waals surface area contributed by atoms with Gasteiger partial charge in [-0.3, -0.25) is 4.79 Å². The van der Waals surface area contributed by atoms with Crippen molar-refractivity contribution in [1.29, 1.82) is 0 Å². The van der Waals surface area contributed by atoms with Gasteiger partial charge < -0.3 is 9.30 Å². The van der Waals surface area contributed by atoms with Crippen molar-refractivity contribution in [2.75, 3.05) is 6.61 Å². The fourth-order valence-corrected chi connectivity index (χ4v) is 1.52. The standard InChI is InChI=1S/C11H12BrNO3/c1-3-16-11(15)8(2)7-13-6-4-5-9(12)10(13)14/h4-6H,2-3,7H2,1H3. The van der Waals surface area contributed by atoms with Crippen LogP contribution < -0.4 is 5.56 Å². The molecule has 0 aromatic carbocycles. The minimum atomic E-state index is -0.477. The number of aromatic nitrogens is 1. The average Bonchev–Trinajstić information content (AvgIpc) is 2.25. The van der Waals surface area contributed by atoms with E-state index in [0.29, 0.717) is 11.1 Å². The molecule has 0 fully saturated rings. The summed E-state index contributed by atoms with van der Waals surface area (Å²) in [7, 11) is 0. The number of pyridine rings is 1. The van der Waals surface area contributed by atoms with Gasteiger partial charge in [-0.15, -0.1) is 0 Å². The Morgan fingerprint density at radius 1 is 1.62 bits per heavy atom. The van der Waals surface area contributed by atoms with E-state index < -0.39 is 5.97 Å². The molecule has 86 valence electrons. The zero-order valence-electron chi connectivity index (χ0n) is 8.90. The summed E-state index contributed by atoms with van der Waals surface area (Å²) in [5.41, 5.74) is 0.0509. The zero-order chi connectivity index (χ0) is 12.1. The maximum absolute atomic E-state index is 11.6. The summed E-state index contributed by atoms with van der Waals surface area (Å²) in [6, 6.07) is 3.36. The van der Waals surface area contributed by atoms with Crippen LogP contribution in [0, 0.1) is 0 Å². The summed E-state index contributed by atoms with van der Waals surface area (Å²) >= 11 is 3.12. The number of rotatable bonds is 4. The Morgan fingerprint density at radius 2 is 2.31 bits per heavy atom. The van der Waals surface area contributed by atoms with Crippen molar-refractivity contribution in [3.63, 3.8) is 0 Å². The van der Waals surface area contributed by atoms with Crippen molar-refractivity contribution in [2.24, 2.45) is 0 Å². The lowest BCUT2D eigenvalue weighted by Gasteiger charge is -2.07. The number of halogens is 1. The van der Waals surface area contributed by atoms with E-state index in [9.17, 15) is 9.59 Å². The molecule has 0 unspecified atom stereocenters. The van der Waals surface area contributed by atoms with E-state index in [0.717, 1.165) is 0 Å². The Balaban J connectivity index is 2.82. The normalized spacial score (nSPS) is 9.88. The molecule has 0 amide bonds. The molecule has 4 nitrogen and oxygen atoms in total. The molecule has 1 rings (SSSR count). The predicted molar refractivity (Wildman–Crippen MR) is 64.2 cm³/mol. The molecule has 1 aromatic heterocycles. The molecular weight excluding hydrogens is 274 g/mol. The second-order valence-corrected chi connectivity index (χ2v) is 3.97. The summed E-state index contributed by atoms with van der Waals surface area (Å²) in [6.45, 7) is 5.74. The third-order valence-electron chi connectivity index (χ3n) is 1.90. The quantitative estimate of drug-likeness (QED) is 0.625. The fraction of sp³-hybridized carbons (Fsp3) is 0.273. The highest BCUT2D eigenvalue weighted by atomic mass is 79.9. The highest BCUT2D eigenvalue weighted by molar-refractivity contribution is 9.10. The Labute approximate surface area is 102 Å². The van der Waals surface area contributed by atoms with Crippen LogP contribution >= 0.6 is 15.9 Å². The van der Waals surface area contributed by atoms with Gasteiger partial charge in [-0.05, 0) is 35.0 Å². The Morgan fingerprint density at radius 3 is 2.94 bits per heavy atom. The first kappa shape index (κ1) is 12.7. The van der Waals surface area contributed by atoms with E-state index >= 15 is 0 Å². The smallest absolute Gasteiger partial charge is 0.335 e. The molecule has 0 aliphatic rings. The number of hydrogen-bond acceptors (Lipinski definition) is 3. The van der Waals surface area contributed by atoms with Crippen LogP contribution in [0.5, 0.6) is 0 Å². The molecule has 0 radical (unpaired) electrons. The van der Waals surface area contributed by atoms with Crippen LogP contribution in [-0.2, 0) is 16.1 Å². The highest BCUT2D eigenvalue weighted by Crippen LogP contribution is 2.03. The van der Waals surface area contributed by atoms with Crippen LogP contribution in [0.2, 0.25) is 0 Å². The molecule has 0 saturated heterocycles. The van der Waals surface area contributed by atoms with Gasteiger partial charge in [0.1, 0.15) is 0 Å². The molecule has 0 N–H and O–H groups in total. The molecule has 16 heavy (non-hydrogen) atoms. The minimum Gasteiger partial charge on any atom is -0.463 e. The lowest BCUT2D eigenvalue weighted by molar-refractivity contribution is -0.138. The third-order valence-corrected chi connectivity index (χ3v) is 2.50. The van der Waals surface area contributed by atoms with Gasteiger partial charge in [-0.1, -0.05) is 6.58 Å². The van der Waals surface area contributed by atoms with Crippen molar-refractivity contribution in [2.45, 2.75) is 13.5 Å². The highest BCUT2D eigenvalue weighted by Gasteiger charge is 2.09. The summed E-state index contributed by atoms with van der Waals surface area (Å²) in [5, 5.41) is 0. The molecule has 0 atom stereocenters. The Kier molecular flexibility index (Phi) is 4.49. The van der Waals surface area contributed by atoms with Crippen LogP contribution in [0.4, 0.5) is 0 Å². The minimum absolute atomic E-state index is 0.136. The SMILES string of the molecule is C=C(Cn1cccc(Br)c1=O)C(=O)OCC. The van der Waals surface area contributed by atoms with Gasteiger partial charge in [-0.2, -0.15) is 0 Å². The van der Waals surface area contributed by atoms with Crippen LogP contribution in [0.1, 0.15) is 6.92 Å². The fourth-order valence-electron chi connectivity index (χ4n) is 1.14. The van der Waals surface area contributed by atoms with Gasteiger partial charge in [0.2, 0.25) is 0 Å². The van der Waals surface area contributed by atoms with Crippen molar-refractivity contribution in [3.8, 4) is 0 Å². The topological polar surface area (TPSA) is 48.3 Å². The molecule has 5 heteroatoms. The number of hydrogen-bond donors (Lipinski definition) is 0. The van der Waals surface area contributed by atoms with E-state index in [1.165, 1.54) is 4.57 Å². The monoisotopic (exact) mass is 285 g/mol. The molecule has 0 spiro atoms. The molecule has 0 bridgehead atoms. The number of esters is 1. The number of nitrogens with zero attached hydrogens (tertiary/aromatic N) is 1. The number of carbonyl (C=O) groups is 1. The van der Waals surface area contributed by atoms with Crippen molar-refractivity contribution in [3.05, 3.63) is 45.3 Å². The van der Waals surface area contributed by atoms with Gasteiger partial charge in [-0.25, -0.2) is 4.79 Å². The lowest BCUT2D eigenvalue weighted by Crippen LogP contribution is -2.23.